The van der Waals surface area contributed by atoms with E-state index in [9.17, 15) is 4.79 Å². The van der Waals surface area contributed by atoms with E-state index in [1.165, 1.54) is 0 Å². The molecule has 6 heteroatoms. The third-order valence-electron chi connectivity index (χ3n) is 3.73. The van der Waals surface area contributed by atoms with Crippen molar-refractivity contribution in [1.29, 1.82) is 0 Å². The van der Waals surface area contributed by atoms with Gasteiger partial charge in [-0.05, 0) is 31.5 Å². The Labute approximate surface area is 118 Å². The highest BCUT2D eigenvalue weighted by atomic mass is 16.5. The minimum Gasteiger partial charge on any atom is -0.378 e. The summed E-state index contributed by atoms with van der Waals surface area (Å²) in [6.45, 7) is 4.14. The fraction of sp³-hybridized carbons (Fsp3) is 0.571. The molecule has 1 amide bonds. The molecule has 6 nitrogen and oxygen atoms in total. The zero-order chi connectivity index (χ0) is 13.8. The third kappa shape index (κ3) is 3.08. The Morgan fingerprint density at radius 2 is 2.25 bits per heavy atom. The van der Waals surface area contributed by atoms with Gasteiger partial charge in [-0.25, -0.2) is 4.98 Å². The molecule has 2 N–H and O–H groups in total. The van der Waals surface area contributed by atoms with Gasteiger partial charge in [0.15, 0.2) is 0 Å². The fourth-order valence-corrected chi connectivity index (χ4v) is 2.58. The number of nitrogens with one attached hydrogen (secondary N) is 2. The van der Waals surface area contributed by atoms with Gasteiger partial charge in [-0.15, -0.1) is 0 Å². The van der Waals surface area contributed by atoms with E-state index in [1.54, 1.807) is 6.20 Å². The van der Waals surface area contributed by atoms with Gasteiger partial charge in [0.25, 0.3) is 0 Å². The van der Waals surface area contributed by atoms with E-state index in [2.05, 4.69) is 20.5 Å². The summed E-state index contributed by atoms with van der Waals surface area (Å²) in [6.07, 6.45) is 3.69. The number of morpholine rings is 1. The molecule has 2 fully saturated rings. The lowest BCUT2D eigenvalue weighted by Gasteiger charge is -2.27. The Hall–Kier alpha value is -1.66. The normalized spacial score (nSPS) is 22.8. The van der Waals surface area contributed by atoms with Crippen LogP contribution in [0.1, 0.15) is 12.8 Å². The quantitative estimate of drug-likeness (QED) is 0.846. The maximum absolute atomic E-state index is 12.0. The van der Waals surface area contributed by atoms with Gasteiger partial charge in [-0.1, -0.05) is 0 Å². The summed E-state index contributed by atoms with van der Waals surface area (Å²) in [5.41, 5.74) is 0.751. The molecule has 0 aliphatic carbocycles. The van der Waals surface area contributed by atoms with Crippen molar-refractivity contribution in [3.63, 3.8) is 0 Å². The van der Waals surface area contributed by atoms with E-state index in [-0.39, 0.29) is 11.9 Å². The SMILES string of the molecule is O=C(Nc1ccc(N2CCOCC2)nc1)[C@H]1CCCN1. The maximum Gasteiger partial charge on any atom is 0.241 e. The number of nitrogens with zero attached hydrogens (tertiary/aromatic N) is 2. The number of carbonyl (C=O) groups excluding carboxylic acids is 1. The lowest BCUT2D eigenvalue weighted by molar-refractivity contribution is -0.117. The first-order chi connectivity index (χ1) is 9.83. The minimum atomic E-state index is -0.0612. The van der Waals surface area contributed by atoms with Crippen molar-refractivity contribution in [3.8, 4) is 0 Å². The number of rotatable bonds is 3. The molecule has 20 heavy (non-hydrogen) atoms. The van der Waals surface area contributed by atoms with Gasteiger partial charge < -0.3 is 20.3 Å². The van der Waals surface area contributed by atoms with Crippen LogP contribution < -0.4 is 15.5 Å². The van der Waals surface area contributed by atoms with Crippen molar-refractivity contribution in [3.05, 3.63) is 18.3 Å². The van der Waals surface area contributed by atoms with Crippen molar-refractivity contribution < 1.29 is 9.53 Å². The summed E-state index contributed by atoms with van der Waals surface area (Å²) < 4.78 is 5.32. The minimum absolute atomic E-state index is 0.0309. The van der Waals surface area contributed by atoms with Gasteiger partial charge in [0.05, 0.1) is 31.1 Å². The fourth-order valence-electron chi connectivity index (χ4n) is 2.58. The number of ether oxygens (including phenoxy) is 1. The second-order valence-electron chi connectivity index (χ2n) is 5.14. The van der Waals surface area contributed by atoms with E-state index < -0.39 is 0 Å². The van der Waals surface area contributed by atoms with E-state index in [4.69, 9.17) is 4.74 Å². The van der Waals surface area contributed by atoms with Gasteiger partial charge in [-0.2, -0.15) is 0 Å². The summed E-state index contributed by atoms with van der Waals surface area (Å²) in [5.74, 6) is 0.966. The van der Waals surface area contributed by atoms with Gasteiger partial charge in [-0.3, -0.25) is 4.79 Å². The zero-order valence-corrected chi connectivity index (χ0v) is 11.5. The molecule has 108 valence electrons. The van der Waals surface area contributed by atoms with Crippen molar-refractivity contribution in [1.82, 2.24) is 10.3 Å². The Balaban J connectivity index is 1.59. The molecule has 3 heterocycles. The highest BCUT2D eigenvalue weighted by molar-refractivity contribution is 5.94. The molecule has 0 aromatic carbocycles. The molecule has 0 saturated carbocycles. The number of carbonyl (C=O) groups is 1. The van der Waals surface area contributed by atoms with Crippen LogP contribution >= 0.6 is 0 Å². The first kappa shape index (κ1) is 13.3. The summed E-state index contributed by atoms with van der Waals surface area (Å²) in [4.78, 5) is 18.6. The molecular formula is C14H20N4O2. The molecule has 2 saturated heterocycles. The summed E-state index contributed by atoms with van der Waals surface area (Å²) in [7, 11) is 0. The van der Waals surface area contributed by atoms with Gasteiger partial charge in [0.2, 0.25) is 5.91 Å². The van der Waals surface area contributed by atoms with Crippen LogP contribution in [0, 0.1) is 0 Å². The number of amides is 1. The van der Waals surface area contributed by atoms with Crippen LogP contribution in [0.25, 0.3) is 0 Å². The average molecular weight is 276 g/mol. The molecule has 2 aliphatic rings. The molecule has 0 bridgehead atoms. The number of pyridine rings is 1. The first-order valence-corrected chi connectivity index (χ1v) is 7.16. The second-order valence-corrected chi connectivity index (χ2v) is 5.14. The van der Waals surface area contributed by atoms with Gasteiger partial charge in [0.1, 0.15) is 5.82 Å². The third-order valence-corrected chi connectivity index (χ3v) is 3.73. The van der Waals surface area contributed by atoms with E-state index in [0.717, 1.165) is 57.2 Å². The van der Waals surface area contributed by atoms with Crippen molar-refractivity contribution in [2.45, 2.75) is 18.9 Å². The standard InChI is InChI=1S/C14H20N4O2/c19-14(12-2-1-5-15-12)17-11-3-4-13(16-10-11)18-6-8-20-9-7-18/h3-4,10,12,15H,1-2,5-9H2,(H,17,19)/t12-/m1/s1. The van der Waals surface area contributed by atoms with E-state index >= 15 is 0 Å². The molecule has 0 unspecified atom stereocenters. The van der Waals surface area contributed by atoms with Crippen LogP contribution in [-0.4, -0.2) is 49.8 Å². The molecule has 1 aromatic heterocycles. The Kier molecular flexibility index (Phi) is 4.13. The number of anilines is 2. The topological polar surface area (TPSA) is 66.5 Å². The second kappa shape index (κ2) is 6.19. The van der Waals surface area contributed by atoms with Crippen molar-refractivity contribution >= 4 is 17.4 Å². The van der Waals surface area contributed by atoms with Crippen molar-refractivity contribution in [2.24, 2.45) is 0 Å². The zero-order valence-electron chi connectivity index (χ0n) is 11.5. The molecule has 3 rings (SSSR count). The van der Waals surface area contributed by atoms with Gasteiger partial charge in [0, 0.05) is 13.1 Å². The maximum atomic E-state index is 12.0. The molecule has 0 radical (unpaired) electrons. The lowest BCUT2D eigenvalue weighted by Crippen LogP contribution is -2.37. The van der Waals surface area contributed by atoms with E-state index in [1.807, 2.05) is 12.1 Å². The average Bonchev–Trinajstić information content (AvgIpc) is 3.03. The van der Waals surface area contributed by atoms with Crippen LogP contribution in [0.5, 0.6) is 0 Å². The molecule has 1 aromatic rings. The van der Waals surface area contributed by atoms with Crippen LogP contribution in [0.15, 0.2) is 18.3 Å². The van der Waals surface area contributed by atoms with E-state index in [0.29, 0.717) is 0 Å². The molecule has 1 atom stereocenters. The Morgan fingerprint density at radius 3 is 2.90 bits per heavy atom. The van der Waals surface area contributed by atoms with Crippen LogP contribution in [-0.2, 0) is 9.53 Å². The largest absolute Gasteiger partial charge is 0.378 e. The first-order valence-electron chi connectivity index (χ1n) is 7.16. The summed E-state index contributed by atoms with van der Waals surface area (Å²) >= 11 is 0. The van der Waals surface area contributed by atoms with Crippen LogP contribution in [0.4, 0.5) is 11.5 Å². The smallest absolute Gasteiger partial charge is 0.241 e. The van der Waals surface area contributed by atoms with Crippen molar-refractivity contribution in [2.75, 3.05) is 43.1 Å². The van der Waals surface area contributed by atoms with Gasteiger partial charge >= 0.3 is 0 Å². The van der Waals surface area contributed by atoms with Crippen LogP contribution in [0.2, 0.25) is 0 Å². The monoisotopic (exact) mass is 276 g/mol. The molecular weight excluding hydrogens is 256 g/mol. The highest BCUT2D eigenvalue weighted by Crippen LogP contribution is 2.16. The van der Waals surface area contributed by atoms with Crippen LogP contribution in [0.3, 0.4) is 0 Å². The highest BCUT2D eigenvalue weighted by Gasteiger charge is 2.22. The lowest BCUT2D eigenvalue weighted by atomic mass is 10.2. The number of hydrogen-bond acceptors (Lipinski definition) is 5. The molecule has 0 spiro atoms. The molecule has 2 aliphatic heterocycles. The predicted molar refractivity (Wildman–Crippen MR) is 76.9 cm³/mol. The summed E-state index contributed by atoms with van der Waals surface area (Å²) in [6, 6.07) is 3.79. The number of aromatic nitrogens is 1. The predicted octanol–water partition coefficient (Wildman–Crippen LogP) is 0.609. The summed E-state index contributed by atoms with van der Waals surface area (Å²) in [5, 5.41) is 6.09. The number of hydrogen-bond donors (Lipinski definition) is 2. The Morgan fingerprint density at radius 1 is 1.40 bits per heavy atom. The Bertz CT molecular complexity index is 451.